The molecule has 0 radical (unpaired) electrons. The number of carbonyl (C=O) groups excluding carboxylic acids is 1. The minimum absolute atomic E-state index is 0.0178. The molecule has 2 aliphatic heterocycles. The molecule has 0 spiro atoms. The van der Waals surface area contributed by atoms with Crippen molar-refractivity contribution in [1.82, 2.24) is 0 Å². The Kier molecular flexibility index (Phi) is 3.48. The number of rotatable bonds is 1. The van der Waals surface area contributed by atoms with Crippen LogP contribution in [0.3, 0.4) is 0 Å². The van der Waals surface area contributed by atoms with Gasteiger partial charge >= 0.3 is 0 Å². The normalized spacial score (nSPS) is 26.0. The summed E-state index contributed by atoms with van der Waals surface area (Å²) in [6, 6.07) is 0. The Bertz CT molecular complexity index is 760. The number of aromatic hydroxyl groups is 1. The highest BCUT2D eigenvalue weighted by Gasteiger charge is 2.47. The maximum Gasteiger partial charge on any atom is 0.167 e. The molecule has 0 saturated heterocycles. The maximum atomic E-state index is 12.1. The van der Waals surface area contributed by atoms with Crippen LogP contribution >= 0.6 is 0 Å². The number of benzene rings is 1. The molecule has 2 atom stereocenters. The predicted octanol–water partition coefficient (Wildman–Crippen LogP) is 2.34. The smallest absolute Gasteiger partial charge is 0.167 e. The second-order valence-electron chi connectivity index (χ2n) is 7.40. The molecule has 0 bridgehead atoms. The SMILES string of the molecule is CC(=O)c1c(O)c2c(c3c1OC(C)(C)[C@H](O)[C@H]3O)OC(C)(C)C=C2. The van der Waals surface area contributed by atoms with E-state index < -0.39 is 29.2 Å². The monoisotopic (exact) mass is 334 g/mol. The number of hydrogen-bond acceptors (Lipinski definition) is 6. The lowest BCUT2D eigenvalue weighted by molar-refractivity contribution is -0.113. The van der Waals surface area contributed by atoms with Gasteiger partial charge in [-0.3, -0.25) is 4.79 Å². The van der Waals surface area contributed by atoms with E-state index >= 15 is 0 Å². The Balaban J connectivity index is 2.39. The molecular formula is C18H22O6. The van der Waals surface area contributed by atoms with Crippen LogP contribution in [0.25, 0.3) is 6.08 Å². The average Bonchev–Trinajstić information content (AvgIpc) is 2.43. The fourth-order valence-corrected chi connectivity index (χ4v) is 3.14. The molecule has 0 saturated carbocycles. The molecule has 0 aliphatic carbocycles. The van der Waals surface area contributed by atoms with E-state index in [1.54, 1.807) is 26.0 Å². The van der Waals surface area contributed by atoms with Gasteiger partial charge in [0.1, 0.15) is 46.2 Å². The zero-order valence-corrected chi connectivity index (χ0v) is 14.4. The number of phenols is 1. The Morgan fingerprint density at radius 3 is 2.33 bits per heavy atom. The molecule has 6 nitrogen and oxygen atoms in total. The number of carbonyl (C=O) groups is 1. The number of fused-ring (bicyclic) bond motifs is 3. The van der Waals surface area contributed by atoms with Gasteiger partial charge < -0.3 is 24.8 Å². The lowest BCUT2D eigenvalue weighted by Gasteiger charge is -2.43. The summed E-state index contributed by atoms with van der Waals surface area (Å²) in [5.74, 6) is -0.360. The first-order chi connectivity index (χ1) is 11.0. The zero-order valence-electron chi connectivity index (χ0n) is 14.4. The summed E-state index contributed by atoms with van der Waals surface area (Å²) < 4.78 is 11.7. The summed E-state index contributed by atoms with van der Waals surface area (Å²) in [4.78, 5) is 12.1. The van der Waals surface area contributed by atoms with Gasteiger partial charge in [-0.2, -0.15) is 0 Å². The molecule has 6 heteroatoms. The first-order valence-corrected chi connectivity index (χ1v) is 7.83. The van der Waals surface area contributed by atoms with Crippen LogP contribution in [0.1, 0.15) is 62.2 Å². The van der Waals surface area contributed by atoms with E-state index in [0.717, 1.165) is 0 Å². The number of aliphatic hydroxyl groups excluding tert-OH is 2. The standard InChI is InChI=1S/C18H22O6/c1-8(19)10-12(20)9-6-7-17(2,3)23-14(9)11-13(21)16(22)18(4,5)24-15(10)11/h6-7,13,16,20-22H,1-5H3/t13-,16+/m0/s1. The highest BCUT2D eigenvalue weighted by molar-refractivity contribution is 6.02. The molecule has 0 unspecified atom stereocenters. The van der Waals surface area contributed by atoms with Crippen molar-refractivity contribution in [2.75, 3.05) is 0 Å². The summed E-state index contributed by atoms with van der Waals surface area (Å²) in [6.45, 7) is 8.17. The van der Waals surface area contributed by atoms with Gasteiger partial charge in [-0.05, 0) is 46.8 Å². The fourth-order valence-electron chi connectivity index (χ4n) is 3.14. The van der Waals surface area contributed by atoms with Gasteiger partial charge in [0, 0.05) is 0 Å². The van der Waals surface area contributed by atoms with Crippen LogP contribution < -0.4 is 9.47 Å². The van der Waals surface area contributed by atoms with Crippen molar-refractivity contribution in [3.63, 3.8) is 0 Å². The topological polar surface area (TPSA) is 96.2 Å². The number of Topliss-reactive ketones (excluding diaryl/α,β-unsaturated/α-hetero) is 1. The van der Waals surface area contributed by atoms with Crippen LogP contribution in [-0.4, -0.2) is 38.4 Å². The van der Waals surface area contributed by atoms with Crippen LogP contribution in [-0.2, 0) is 0 Å². The predicted molar refractivity (Wildman–Crippen MR) is 87.5 cm³/mol. The third-order valence-corrected chi connectivity index (χ3v) is 4.49. The quantitative estimate of drug-likeness (QED) is 0.682. The average molecular weight is 334 g/mol. The number of ether oxygens (including phenoxy) is 2. The van der Waals surface area contributed by atoms with Crippen LogP contribution in [0.4, 0.5) is 0 Å². The van der Waals surface area contributed by atoms with E-state index in [1.807, 2.05) is 13.8 Å². The van der Waals surface area contributed by atoms with Gasteiger partial charge in [0.2, 0.25) is 0 Å². The zero-order chi connectivity index (χ0) is 18.0. The van der Waals surface area contributed by atoms with Crippen LogP contribution in [0.15, 0.2) is 6.08 Å². The Hall–Kier alpha value is -2.05. The molecule has 130 valence electrons. The molecular weight excluding hydrogens is 312 g/mol. The maximum absolute atomic E-state index is 12.1. The first kappa shape index (κ1) is 16.8. The molecule has 2 aliphatic rings. The lowest BCUT2D eigenvalue weighted by Crippen LogP contribution is -2.49. The van der Waals surface area contributed by atoms with Crippen molar-refractivity contribution in [2.24, 2.45) is 0 Å². The largest absolute Gasteiger partial charge is 0.506 e. The minimum atomic E-state index is -1.31. The minimum Gasteiger partial charge on any atom is -0.506 e. The third kappa shape index (κ3) is 2.29. The van der Waals surface area contributed by atoms with E-state index in [0.29, 0.717) is 5.56 Å². The number of hydrogen-bond donors (Lipinski definition) is 3. The first-order valence-electron chi connectivity index (χ1n) is 7.83. The molecule has 2 heterocycles. The van der Waals surface area contributed by atoms with Gasteiger partial charge in [-0.25, -0.2) is 0 Å². The molecule has 0 aromatic heterocycles. The van der Waals surface area contributed by atoms with E-state index in [4.69, 9.17) is 9.47 Å². The van der Waals surface area contributed by atoms with Crippen LogP contribution in [0.5, 0.6) is 17.2 Å². The molecule has 24 heavy (non-hydrogen) atoms. The summed E-state index contributed by atoms with van der Waals surface area (Å²) in [5.41, 5.74) is -1.32. The Morgan fingerprint density at radius 2 is 1.75 bits per heavy atom. The molecule has 3 rings (SSSR count). The molecule has 1 aromatic carbocycles. The van der Waals surface area contributed by atoms with E-state index in [9.17, 15) is 20.1 Å². The van der Waals surface area contributed by atoms with Crippen molar-refractivity contribution in [3.05, 3.63) is 22.8 Å². The van der Waals surface area contributed by atoms with Gasteiger partial charge in [-0.1, -0.05) is 0 Å². The summed E-state index contributed by atoms with van der Waals surface area (Å²) in [7, 11) is 0. The number of phenolic OH excluding ortho intramolecular Hbond substituents is 1. The summed E-state index contributed by atoms with van der Waals surface area (Å²) >= 11 is 0. The van der Waals surface area contributed by atoms with Crippen molar-refractivity contribution in [2.45, 2.75) is 58.0 Å². The molecule has 1 aromatic rings. The lowest BCUT2D eigenvalue weighted by atomic mass is 9.83. The van der Waals surface area contributed by atoms with Gasteiger partial charge in [0.05, 0.1) is 11.1 Å². The van der Waals surface area contributed by atoms with Gasteiger partial charge in [0.25, 0.3) is 0 Å². The fraction of sp³-hybridized carbons (Fsp3) is 0.500. The summed E-state index contributed by atoms with van der Waals surface area (Å²) in [6.07, 6.45) is 0.885. The number of aliphatic hydroxyl groups is 2. The van der Waals surface area contributed by atoms with Gasteiger partial charge in [-0.15, -0.1) is 0 Å². The number of ketones is 1. The van der Waals surface area contributed by atoms with Gasteiger partial charge in [0.15, 0.2) is 5.78 Å². The van der Waals surface area contributed by atoms with E-state index in [1.165, 1.54) is 6.92 Å². The molecule has 3 N–H and O–H groups in total. The van der Waals surface area contributed by atoms with Crippen molar-refractivity contribution < 1.29 is 29.6 Å². The highest BCUT2D eigenvalue weighted by atomic mass is 16.5. The van der Waals surface area contributed by atoms with Crippen molar-refractivity contribution in [3.8, 4) is 17.2 Å². The second kappa shape index (κ2) is 4.97. The Morgan fingerprint density at radius 1 is 1.12 bits per heavy atom. The third-order valence-electron chi connectivity index (χ3n) is 4.49. The molecule has 0 fully saturated rings. The van der Waals surface area contributed by atoms with E-state index in [2.05, 4.69) is 0 Å². The van der Waals surface area contributed by atoms with Crippen LogP contribution in [0, 0.1) is 0 Å². The second-order valence-corrected chi connectivity index (χ2v) is 7.40. The summed E-state index contributed by atoms with van der Waals surface area (Å²) in [5, 5.41) is 31.6. The van der Waals surface area contributed by atoms with E-state index in [-0.39, 0.29) is 28.4 Å². The highest BCUT2D eigenvalue weighted by Crippen LogP contribution is 2.53. The Labute approximate surface area is 140 Å². The van der Waals surface area contributed by atoms with Crippen molar-refractivity contribution in [1.29, 1.82) is 0 Å². The molecule has 0 amide bonds. The van der Waals surface area contributed by atoms with Crippen LogP contribution in [0.2, 0.25) is 0 Å². The van der Waals surface area contributed by atoms with Crippen molar-refractivity contribution >= 4 is 11.9 Å².